The van der Waals surface area contributed by atoms with Crippen molar-refractivity contribution in [1.82, 2.24) is 24.9 Å². The van der Waals surface area contributed by atoms with Crippen LogP contribution in [0.15, 0.2) is 79.0 Å². The lowest BCUT2D eigenvalue weighted by Crippen LogP contribution is -2.59. The Morgan fingerprint density at radius 3 is 2.43 bits per heavy atom. The minimum atomic E-state index is -4.71. The van der Waals surface area contributed by atoms with Crippen LogP contribution in [0.3, 0.4) is 0 Å². The Labute approximate surface area is 351 Å². The molecule has 2 atom stereocenters. The summed E-state index contributed by atoms with van der Waals surface area (Å²) in [7, 11) is 0. The number of carbonyl (C=O) groups excluding carboxylic acids is 3. The van der Waals surface area contributed by atoms with Crippen molar-refractivity contribution >= 4 is 36.1 Å². The molecule has 0 saturated carbocycles. The topological polar surface area (TPSA) is 155 Å². The van der Waals surface area contributed by atoms with Gasteiger partial charge in [0, 0.05) is 69.5 Å². The maximum absolute atomic E-state index is 14.8. The quantitative estimate of drug-likeness (QED) is 0.0770. The molecule has 3 amide bonds. The summed E-state index contributed by atoms with van der Waals surface area (Å²) in [4.78, 5) is 57.6. The first-order valence-corrected chi connectivity index (χ1v) is 20.0. The molecule has 0 radical (unpaired) electrons. The number of aromatic nitrogens is 2. The average molecular weight is 848 g/mol. The third-order valence-electron chi connectivity index (χ3n) is 10.4. The van der Waals surface area contributed by atoms with Crippen LogP contribution in [0.4, 0.5) is 29.5 Å². The van der Waals surface area contributed by atoms with Crippen LogP contribution in [0.2, 0.25) is 0 Å². The van der Waals surface area contributed by atoms with Gasteiger partial charge in [-0.25, -0.2) is 14.1 Å². The zero-order chi connectivity index (χ0) is 44.1. The van der Waals surface area contributed by atoms with Crippen LogP contribution in [-0.2, 0) is 28.7 Å². The van der Waals surface area contributed by atoms with Gasteiger partial charge in [-0.2, -0.15) is 18.3 Å². The highest BCUT2D eigenvalue weighted by Crippen LogP contribution is 2.32. The van der Waals surface area contributed by atoms with E-state index in [1.807, 2.05) is 26.8 Å². The van der Waals surface area contributed by atoms with Crippen LogP contribution >= 0.6 is 0 Å². The Bertz CT molecular complexity index is 2270. The fourth-order valence-corrected chi connectivity index (χ4v) is 7.42. The van der Waals surface area contributed by atoms with Crippen molar-refractivity contribution in [3.63, 3.8) is 0 Å². The molecule has 3 heterocycles. The number of fused-ring (bicyclic) bond motifs is 1. The number of nitro benzene ring substituents is 1. The van der Waals surface area contributed by atoms with Gasteiger partial charge in [0.15, 0.2) is 18.6 Å². The minimum Gasteiger partial charge on any atom is -0.493 e. The predicted octanol–water partition coefficient (Wildman–Crippen LogP) is 6.11. The highest BCUT2D eigenvalue weighted by atomic mass is 19.4. The Hall–Kier alpha value is -6.30. The molecule has 6 rings (SSSR count). The van der Waals surface area contributed by atoms with Gasteiger partial charge < -0.3 is 19.7 Å². The number of halogens is 3. The molecule has 15 nitrogen and oxygen atoms in total. The number of nitro groups is 1. The van der Waals surface area contributed by atoms with Gasteiger partial charge in [-0.05, 0) is 70.0 Å². The average Bonchev–Trinajstić information content (AvgIpc) is 3.62. The van der Waals surface area contributed by atoms with Gasteiger partial charge in [0.1, 0.15) is 23.9 Å². The Morgan fingerprint density at radius 1 is 1.02 bits per heavy atom. The maximum Gasteiger partial charge on any atom is 0.416 e. The van der Waals surface area contributed by atoms with Crippen molar-refractivity contribution in [3.8, 4) is 11.4 Å². The molecule has 0 spiro atoms. The number of hydrogen-bond donors (Lipinski definition) is 1. The number of likely N-dealkylation sites (N-methyl/N-ethyl adjacent to an activating group) is 1. The van der Waals surface area contributed by atoms with Crippen LogP contribution in [0.5, 0.6) is 5.75 Å². The first-order chi connectivity index (χ1) is 28.9. The van der Waals surface area contributed by atoms with Crippen LogP contribution in [0.1, 0.15) is 61.2 Å². The van der Waals surface area contributed by atoms with E-state index < -0.39 is 46.2 Å². The van der Waals surface area contributed by atoms with Crippen LogP contribution in [-0.4, -0.2) is 117 Å². The number of ether oxygens (including phenoxy) is 2. The van der Waals surface area contributed by atoms with Crippen LogP contribution < -0.4 is 15.0 Å². The Morgan fingerprint density at radius 2 is 1.74 bits per heavy atom. The highest BCUT2D eigenvalue weighted by molar-refractivity contribution is 6.03. The number of anilines is 1. The summed E-state index contributed by atoms with van der Waals surface area (Å²) in [5.41, 5.74) is -0.370. The van der Waals surface area contributed by atoms with Gasteiger partial charge in [0.2, 0.25) is 0 Å². The molecule has 0 bridgehead atoms. The molecule has 0 aliphatic carbocycles. The van der Waals surface area contributed by atoms with E-state index in [1.165, 1.54) is 29.2 Å². The number of hydrogen-bond acceptors (Lipinski definition) is 9. The van der Waals surface area contributed by atoms with E-state index in [-0.39, 0.29) is 36.9 Å². The predicted molar refractivity (Wildman–Crippen MR) is 220 cm³/mol. The number of rotatable bonds is 12. The van der Waals surface area contributed by atoms with Crippen LogP contribution in [0, 0.1) is 10.1 Å². The molecule has 61 heavy (non-hydrogen) atoms. The fourth-order valence-electron chi connectivity index (χ4n) is 7.42. The Kier molecular flexibility index (Phi) is 13.4. The highest BCUT2D eigenvalue weighted by Gasteiger charge is 2.44. The first kappa shape index (κ1) is 44.3. The number of non-ortho nitro benzene ring substituents is 1. The summed E-state index contributed by atoms with van der Waals surface area (Å²) in [6, 6.07) is 14.7. The largest absolute Gasteiger partial charge is 0.493 e. The number of amides is 3. The van der Waals surface area contributed by atoms with E-state index in [0.29, 0.717) is 48.1 Å². The lowest BCUT2D eigenvalue weighted by atomic mass is 9.95. The lowest BCUT2D eigenvalue weighted by molar-refractivity contribution is -0.575. The molecule has 324 valence electrons. The summed E-state index contributed by atoms with van der Waals surface area (Å²) in [5.74, 6) is -0.538. The van der Waals surface area contributed by atoms with E-state index >= 15 is 0 Å². The normalized spacial score (nSPS) is 17.6. The summed E-state index contributed by atoms with van der Waals surface area (Å²) >= 11 is 0. The van der Waals surface area contributed by atoms with Crippen molar-refractivity contribution in [1.29, 1.82) is 0 Å². The van der Waals surface area contributed by atoms with Gasteiger partial charge in [0.25, 0.3) is 17.5 Å². The Balaban J connectivity index is 1.22. The number of nitrogens with one attached hydrogen (secondary N) is 1. The van der Waals surface area contributed by atoms with Crippen molar-refractivity contribution in [3.05, 3.63) is 111 Å². The van der Waals surface area contributed by atoms with E-state index in [1.54, 1.807) is 51.5 Å². The standard InChI is InChI=1S/C43H49F3N8O7/c1-6-52-39-31(27-47-53(39)33-14-9-16-35(26-33)60-22-10-17-50-18-20-51(21-19-50)41(57)61-42(2,3)4)28-49(5)36(24-29-11-7-15-34(23-29)54(58)59)37(40(52)56)48-38(55)30-12-8-13-32(25-30)43(44,45)46/h7-9,11-16,23,25-27,36-37H,5-6,10,17-22,24,28H2,1-4H3/p+1/t36?,37-/m0/s1. The molecule has 18 heteroatoms. The second kappa shape index (κ2) is 18.5. The number of alkyl halides is 3. The van der Waals surface area contributed by atoms with Gasteiger partial charge in [-0.3, -0.25) is 29.5 Å². The lowest BCUT2D eigenvalue weighted by Gasteiger charge is -2.35. The molecule has 1 unspecified atom stereocenters. The molecule has 1 aromatic heterocycles. The zero-order valence-corrected chi connectivity index (χ0v) is 34.6. The second-order valence-corrected chi connectivity index (χ2v) is 16.0. The number of carbonyl (C=O) groups is 3. The SMILES string of the molecule is C=[N+]1Cc2cnn(-c3cccc(OCCCN4CCN(C(=O)OC(C)(C)C)CC4)c3)c2N(CC)C(=O)[C@@H](NC(=O)c2cccc(C(F)(F)F)c2)C1Cc1cccc([N+](=O)[O-])c1. The van der Waals surface area contributed by atoms with Gasteiger partial charge >= 0.3 is 12.3 Å². The first-order valence-electron chi connectivity index (χ1n) is 20.0. The van der Waals surface area contributed by atoms with Gasteiger partial charge in [0.05, 0.1) is 34.5 Å². The van der Waals surface area contributed by atoms with E-state index in [4.69, 9.17) is 9.47 Å². The molecule has 3 aromatic carbocycles. The van der Waals surface area contributed by atoms with Gasteiger partial charge in [-0.15, -0.1) is 0 Å². The molecule has 1 fully saturated rings. The third kappa shape index (κ3) is 10.9. The molecule has 1 saturated heterocycles. The van der Waals surface area contributed by atoms with Crippen molar-refractivity contribution in [2.45, 2.75) is 70.9 Å². The summed E-state index contributed by atoms with van der Waals surface area (Å²) in [5, 5.41) is 19.0. The smallest absolute Gasteiger partial charge is 0.416 e. The van der Waals surface area contributed by atoms with E-state index in [2.05, 4.69) is 22.0 Å². The molecule has 2 aliphatic rings. The van der Waals surface area contributed by atoms with Crippen LogP contribution in [0.25, 0.3) is 5.69 Å². The summed E-state index contributed by atoms with van der Waals surface area (Å²) < 4.78 is 55.7. The molecule has 4 aromatic rings. The third-order valence-corrected chi connectivity index (χ3v) is 10.4. The monoisotopic (exact) mass is 847 g/mol. The summed E-state index contributed by atoms with van der Waals surface area (Å²) in [6.07, 6.45) is -2.65. The summed E-state index contributed by atoms with van der Waals surface area (Å²) in [6.45, 7) is 15.6. The van der Waals surface area contributed by atoms with E-state index in [0.717, 1.165) is 44.3 Å². The molecular formula is C43H50F3N8O7+. The number of nitrogens with zero attached hydrogens (tertiary/aromatic N) is 7. The maximum atomic E-state index is 14.8. The van der Waals surface area contributed by atoms with Gasteiger partial charge in [-0.1, -0.05) is 24.3 Å². The zero-order valence-electron chi connectivity index (χ0n) is 34.6. The number of piperazine rings is 1. The second-order valence-electron chi connectivity index (χ2n) is 16.0. The number of benzene rings is 3. The minimum absolute atomic E-state index is 0.0210. The molecule has 2 aliphatic heterocycles. The van der Waals surface area contributed by atoms with E-state index in [9.17, 15) is 37.7 Å². The van der Waals surface area contributed by atoms with Crippen molar-refractivity contribution < 1.29 is 46.5 Å². The fraction of sp³-hybridized carbons (Fsp3) is 0.419. The van der Waals surface area contributed by atoms with Crippen molar-refractivity contribution in [2.75, 3.05) is 50.8 Å². The molecular weight excluding hydrogens is 798 g/mol. The molecule has 1 N–H and O–H groups in total. The van der Waals surface area contributed by atoms with Crippen molar-refractivity contribution in [2.24, 2.45) is 0 Å².